The Balaban J connectivity index is 3.45. The highest BCUT2D eigenvalue weighted by Crippen LogP contribution is 2.66. The minimum atomic E-state index is -0.393. The second-order valence-corrected chi connectivity index (χ2v) is 22.2. The summed E-state index contributed by atoms with van der Waals surface area (Å²) in [6.45, 7) is 21.5. The summed E-state index contributed by atoms with van der Waals surface area (Å²) in [6, 6.07) is 0. The van der Waals surface area contributed by atoms with Gasteiger partial charge in [0.05, 0.1) is 14.3 Å². The van der Waals surface area contributed by atoms with E-state index in [9.17, 15) is 5.11 Å². The standard InChI is InChI=1S/C44H86OS4/c1-10-14-18-22-26-30-34-46-43(47-35-31-27-23-19-15-11-2)38(5)40(42(7,8)9)41(45)44(39(43)6,48-36-32-28-24-20-16-12-3)49-37-33-29-25-21-17-13-4/h39,41,45H,10-37H2,1-9H3. The van der Waals surface area contributed by atoms with Gasteiger partial charge in [-0.25, -0.2) is 0 Å². The first-order valence-electron chi connectivity index (χ1n) is 21.5. The van der Waals surface area contributed by atoms with Gasteiger partial charge in [0.1, 0.15) is 0 Å². The highest BCUT2D eigenvalue weighted by molar-refractivity contribution is 8.20. The van der Waals surface area contributed by atoms with Crippen molar-refractivity contribution in [2.24, 2.45) is 11.3 Å². The first kappa shape index (κ1) is 48.1. The largest absolute Gasteiger partial charge is 0.386 e. The second-order valence-electron chi connectivity index (χ2n) is 16.3. The van der Waals surface area contributed by atoms with Crippen molar-refractivity contribution in [1.29, 1.82) is 0 Å². The molecule has 1 rings (SSSR count). The van der Waals surface area contributed by atoms with Gasteiger partial charge in [0.25, 0.3) is 0 Å². The van der Waals surface area contributed by atoms with E-state index in [1.807, 2.05) is 0 Å². The van der Waals surface area contributed by atoms with Crippen LogP contribution in [0.3, 0.4) is 0 Å². The zero-order valence-electron chi connectivity index (χ0n) is 34.5. The molecule has 0 radical (unpaired) electrons. The van der Waals surface area contributed by atoms with E-state index in [1.165, 1.54) is 188 Å². The van der Waals surface area contributed by atoms with Gasteiger partial charge in [-0.3, -0.25) is 0 Å². The summed E-state index contributed by atoms with van der Waals surface area (Å²) >= 11 is 8.95. The van der Waals surface area contributed by atoms with Gasteiger partial charge in [-0.2, -0.15) is 0 Å². The molecule has 292 valence electrons. The Kier molecular flexibility index (Phi) is 28.0. The molecule has 1 nitrogen and oxygen atoms in total. The molecule has 0 saturated heterocycles. The van der Waals surface area contributed by atoms with Gasteiger partial charge in [-0.15, -0.1) is 47.0 Å². The molecular formula is C44H86OS4. The van der Waals surface area contributed by atoms with Crippen LogP contribution < -0.4 is 0 Å². The molecule has 0 aromatic carbocycles. The van der Waals surface area contributed by atoms with E-state index in [4.69, 9.17) is 0 Å². The first-order chi connectivity index (χ1) is 23.6. The van der Waals surface area contributed by atoms with Crippen molar-refractivity contribution >= 4 is 47.0 Å². The average molecular weight is 759 g/mol. The molecule has 1 aliphatic rings. The fourth-order valence-electron chi connectivity index (χ4n) is 7.79. The Labute approximate surface area is 326 Å². The second kappa shape index (κ2) is 28.5. The van der Waals surface area contributed by atoms with E-state index in [2.05, 4.69) is 109 Å². The van der Waals surface area contributed by atoms with Crippen molar-refractivity contribution in [3.63, 3.8) is 0 Å². The number of hydrogen-bond acceptors (Lipinski definition) is 5. The van der Waals surface area contributed by atoms with Crippen molar-refractivity contribution in [2.75, 3.05) is 23.0 Å². The van der Waals surface area contributed by atoms with E-state index in [-0.39, 0.29) is 13.6 Å². The van der Waals surface area contributed by atoms with Gasteiger partial charge in [0.2, 0.25) is 0 Å². The summed E-state index contributed by atoms with van der Waals surface area (Å²) in [5.41, 5.74) is 2.83. The predicted octanol–water partition coefficient (Wildman–Crippen LogP) is 16.1. The summed E-state index contributed by atoms with van der Waals surface area (Å²) in [6.07, 6.45) is 32.0. The van der Waals surface area contributed by atoms with Crippen molar-refractivity contribution in [1.82, 2.24) is 0 Å². The molecule has 0 aromatic rings. The fourth-order valence-corrected chi connectivity index (χ4v) is 15.3. The maximum absolute atomic E-state index is 12.8. The van der Waals surface area contributed by atoms with Crippen LogP contribution in [0.5, 0.6) is 0 Å². The minimum Gasteiger partial charge on any atom is -0.386 e. The van der Waals surface area contributed by atoms with Crippen LogP contribution in [0, 0.1) is 11.3 Å². The molecular weight excluding hydrogens is 673 g/mol. The van der Waals surface area contributed by atoms with Crippen LogP contribution in [0.25, 0.3) is 0 Å². The summed E-state index contributed by atoms with van der Waals surface area (Å²) in [4.78, 5) is 0. The molecule has 0 saturated carbocycles. The number of aliphatic hydroxyl groups excluding tert-OH is 1. The summed E-state index contributed by atoms with van der Waals surface area (Å²) in [7, 11) is 0. The van der Waals surface area contributed by atoms with E-state index >= 15 is 0 Å². The Morgan fingerprint density at radius 1 is 0.490 bits per heavy atom. The Morgan fingerprint density at radius 3 is 1.08 bits per heavy atom. The van der Waals surface area contributed by atoms with E-state index in [0.717, 1.165) is 0 Å². The zero-order valence-corrected chi connectivity index (χ0v) is 37.8. The molecule has 1 N–H and O–H groups in total. The molecule has 2 atom stereocenters. The highest BCUT2D eigenvalue weighted by Gasteiger charge is 2.60. The Hall–Kier alpha value is 1.10. The van der Waals surface area contributed by atoms with Gasteiger partial charge in [0, 0.05) is 5.92 Å². The quantitative estimate of drug-likeness (QED) is 0.0417. The van der Waals surface area contributed by atoms with Crippen LogP contribution >= 0.6 is 47.0 Å². The van der Waals surface area contributed by atoms with Crippen molar-refractivity contribution < 1.29 is 5.11 Å². The van der Waals surface area contributed by atoms with Crippen LogP contribution in [-0.4, -0.2) is 42.4 Å². The van der Waals surface area contributed by atoms with Crippen molar-refractivity contribution in [3.8, 4) is 0 Å². The third-order valence-corrected chi connectivity index (χ3v) is 18.5. The molecule has 0 heterocycles. The van der Waals surface area contributed by atoms with Gasteiger partial charge in [-0.1, -0.05) is 184 Å². The van der Waals surface area contributed by atoms with Crippen LogP contribution in [0.1, 0.15) is 216 Å². The molecule has 2 unspecified atom stereocenters. The Bertz CT molecular complexity index is 782. The van der Waals surface area contributed by atoms with Crippen LogP contribution in [0.15, 0.2) is 11.1 Å². The molecule has 49 heavy (non-hydrogen) atoms. The molecule has 0 fully saturated rings. The smallest absolute Gasteiger partial charge is 0.1000 e. The summed E-state index contributed by atoms with van der Waals surface area (Å²) in [5.74, 6) is 5.23. The fraction of sp³-hybridized carbons (Fsp3) is 0.955. The maximum Gasteiger partial charge on any atom is 0.1000 e. The number of rotatable bonds is 32. The van der Waals surface area contributed by atoms with E-state index in [0.29, 0.717) is 5.92 Å². The Morgan fingerprint density at radius 2 is 0.776 bits per heavy atom. The lowest BCUT2D eigenvalue weighted by Crippen LogP contribution is -2.58. The predicted molar refractivity (Wildman–Crippen MR) is 236 cm³/mol. The van der Waals surface area contributed by atoms with Crippen LogP contribution in [0.4, 0.5) is 0 Å². The lowest BCUT2D eigenvalue weighted by molar-refractivity contribution is 0.137. The summed E-state index contributed by atoms with van der Waals surface area (Å²) in [5, 5.41) is 12.8. The van der Waals surface area contributed by atoms with Gasteiger partial charge in [-0.05, 0) is 72.2 Å². The maximum atomic E-state index is 12.8. The average Bonchev–Trinajstić information content (AvgIpc) is 3.06. The molecule has 1 aliphatic carbocycles. The topological polar surface area (TPSA) is 20.2 Å². The van der Waals surface area contributed by atoms with Crippen LogP contribution in [-0.2, 0) is 0 Å². The highest BCUT2D eigenvalue weighted by atomic mass is 32.2. The molecule has 5 heteroatoms. The van der Waals surface area contributed by atoms with Crippen molar-refractivity contribution in [3.05, 3.63) is 11.1 Å². The van der Waals surface area contributed by atoms with Gasteiger partial charge < -0.3 is 5.11 Å². The molecule has 0 aliphatic heterocycles. The monoisotopic (exact) mass is 759 g/mol. The lowest BCUT2D eigenvalue weighted by atomic mass is 9.71. The molecule has 0 bridgehead atoms. The normalized spacial score (nSPS) is 19.2. The van der Waals surface area contributed by atoms with E-state index < -0.39 is 6.10 Å². The lowest BCUT2D eigenvalue weighted by Gasteiger charge is -2.57. The number of unbranched alkanes of at least 4 members (excludes halogenated alkanes) is 20. The zero-order chi connectivity index (χ0) is 36.4. The number of thioether (sulfide) groups is 4. The SMILES string of the molecule is CCCCCCCCSC1(SCCCCCCCC)C(C)=C(C(C)(C)C)C(O)C(SCCCCCCCC)(SCCCCCCCC)C1C. The molecule has 0 aromatic heterocycles. The third kappa shape index (κ3) is 17.4. The van der Waals surface area contributed by atoms with Crippen molar-refractivity contribution in [2.45, 2.75) is 231 Å². The summed E-state index contributed by atoms with van der Waals surface area (Å²) < 4.78 is -0.172. The van der Waals surface area contributed by atoms with Gasteiger partial charge >= 0.3 is 0 Å². The number of hydrogen-bond donors (Lipinski definition) is 1. The minimum absolute atomic E-state index is 0.0247. The third-order valence-electron chi connectivity index (χ3n) is 10.8. The number of aliphatic hydroxyl groups is 1. The van der Waals surface area contributed by atoms with E-state index in [1.54, 1.807) is 0 Å². The van der Waals surface area contributed by atoms with Crippen LogP contribution in [0.2, 0.25) is 0 Å². The first-order valence-corrected chi connectivity index (χ1v) is 25.5. The molecule has 0 amide bonds. The van der Waals surface area contributed by atoms with Gasteiger partial charge in [0.15, 0.2) is 0 Å². The molecule has 0 spiro atoms.